The molecule has 2 aromatic carbocycles. The van der Waals surface area contributed by atoms with Crippen molar-refractivity contribution in [1.82, 2.24) is 4.90 Å². The number of hydrogen-bond acceptors (Lipinski definition) is 3. The normalized spacial score (nSPS) is 18.3. The summed E-state index contributed by atoms with van der Waals surface area (Å²) >= 11 is 0. The summed E-state index contributed by atoms with van der Waals surface area (Å²) in [5.74, 6) is 0.893. The molecule has 1 heterocycles. The van der Waals surface area contributed by atoms with Gasteiger partial charge in [0.1, 0.15) is 12.0 Å². The smallest absolute Gasteiger partial charge is 0.141 e. The Morgan fingerprint density at radius 2 is 1.83 bits per heavy atom. The molecule has 0 N–H and O–H groups in total. The number of fused-ring (bicyclic) bond motifs is 1. The Balaban J connectivity index is 1.94. The van der Waals surface area contributed by atoms with Crippen LogP contribution in [0.1, 0.15) is 42.7 Å². The zero-order chi connectivity index (χ0) is 16.1. The Morgan fingerprint density at radius 1 is 1.09 bits per heavy atom. The van der Waals surface area contributed by atoms with Crippen LogP contribution >= 0.6 is 0 Å². The van der Waals surface area contributed by atoms with E-state index in [4.69, 9.17) is 9.47 Å². The maximum Gasteiger partial charge on any atom is 0.141 e. The van der Waals surface area contributed by atoms with E-state index in [9.17, 15) is 0 Å². The number of nitrogens with zero attached hydrogens (tertiary/aromatic N) is 1. The minimum absolute atomic E-state index is 0.0647. The number of methoxy groups -OCH3 is 1. The topological polar surface area (TPSA) is 21.7 Å². The fraction of sp³-hybridized carbons (Fsp3) is 0.400. The molecule has 0 saturated carbocycles. The summed E-state index contributed by atoms with van der Waals surface area (Å²) in [5, 5.41) is 0. The molecular weight excluding hydrogens is 286 g/mol. The Morgan fingerprint density at radius 3 is 2.61 bits per heavy atom. The highest BCUT2D eigenvalue weighted by Crippen LogP contribution is 2.35. The van der Waals surface area contributed by atoms with Crippen molar-refractivity contribution in [2.24, 2.45) is 0 Å². The number of unbranched alkanes of at least 4 members (excludes halogenated alkanes) is 1. The summed E-state index contributed by atoms with van der Waals surface area (Å²) < 4.78 is 11.9. The number of hydrogen-bond donors (Lipinski definition) is 0. The third-order valence-corrected chi connectivity index (χ3v) is 4.42. The van der Waals surface area contributed by atoms with Gasteiger partial charge in [-0.15, -0.1) is 0 Å². The van der Waals surface area contributed by atoms with Crippen molar-refractivity contribution in [3.63, 3.8) is 0 Å². The van der Waals surface area contributed by atoms with Crippen LogP contribution < -0.4 is 4.74 Å². The van der Waals surface area contributed by atoms with E-state index >= 15 is 0 Å². The molecule has 0 fully saturated rings. The lowest BCUT2D eigenvalue weighted by Gasteiger charge is -2.30. The first kappa shape index (κ1) is 16.0. The van der Waals surface area contributed by atoms with Crippen LogP contribution in [-0.2, 0) is 17.9 Å². The zero-order valence-corrected chi connectivity index (χ0v) is 14.0. The summed E-state index contributed by atoms with van der Waals surface area (Å²) in [6.07, 6.45) is 2.28. The molecule has 23 heavy (non-hydrogen) atoms. The molecule has 0 spiro atoms. The molecule has 0 saturated heterocycles. The Hall–Kier alpha value is -1.84. The molecule has 3 nitrogen and oxygen atoms in total. The molecule has 0 amide bonds. The van der Waals surface area contributed by atoms with Crippen LogP contribution in [0.3, 0.4) is 0 Å². The van der Waals surface area contributed by atoms with E-state index in [1.54, 1.807) is 7.11 Å². The highest BCUT2D eigenvalue weighted by molar-refractivity contribution is 5.36. The lowest BCUT2D eigenvalue weighted by atomic mass is 10.1. The minimum Gasteiger partial charge on any atom is -0.496 e. The van der Waals surface area contributed by atoms with Gasteiger partial charge in [-0.1, -0.05) is 55.8 Å². The van der Waals surface area contributed by atoms with Gasteiger partial charge in [-0.25, -0.2) is 0 Å². The largest absolute Gasteiger partial charge is 0.496 e. The van der Waals surface area contributed by atoms with E-state index in [0.29, 0.717) is 6.61 Å². The first-order valence-electron chi connectivity index (χ1n) is 8.38. The summed E-state index contributed by atoms with van der Waals surface area (Å²) in [6, 6.07) is 16.7. The molecule has 0 aliphatic carbocycles. The molecule has 3 heteroatoms. The highest BCUT2D eigenvalue weighted by atomic mass is 16.5. The molecule has 122 valence electrons. The zero-order valence-electron chi connectivity index (χ0n) is 14.0. The van der Waals surface area contributed by atoms with Gasteiger partial charge in [0, 0.05) is 18.7 Å². The van der Waals surface area contributed by atoms with Crippen LogP contribution in [0.4, 0.5) is 0 Å². The van der Waals surface area contributed by atoms with Crippen molar-refractivity contribution in [3.8, 4) is 5.75 Å². The quantitative estimate of drug-likeness (QED) is 0.810. The summed E-state index contributed by atoms with van der Waals surface area (Å²) in [6.45, 7) is 4.80. The summed E-state index contributed by atoms with van der Waals surface area (Å²) in [4.78, 5) is 2.42. The summed E-state index contributed by atoms with van der Waals surface area (Å²) in [7, 11) is 1.72. The predicted octanol–water partition coefficient (Wildman–Crippen LogP) is 4.53. The van der Waals surface area contributed by atoms with Crippen LogP contribution in [0.25, 0.3) is 0 Å². The third-order valence-electron chi connectivity index (χ3n) is 4.42. The van der Waals surface area contributed by atoms with E-state index in [-0.39, 0.29) is 6.23 Å². The maximum absolute atomic E-state index is 6.31. The second-order valence-corrected chi connectivity index (χ2v) is 6.00. The van der Waals surface area contributed by atoms with E-state index in [1.165, 1.54) is 17.5 Å². The fourth-order valence-electron chi connectivity index (χ4n) is 3.14. The van der Waals surface area contributed by atoms with Crippen molar-refractivity contribution >= 4 is 0 Å². The van der Waals surface area contributed by atoms with Crippen molar-refractivity contribution in [2.75, 3.05) is 13.7 Å². The van der Waals surface area contributed by atoms with Gasteiger partial charge < -0.3 is 9.47 Å². The Labute approximate surface area is 138 Å². The van der Waals surface area contributed by atoms with Gasteiger partial charge in [0.05, 0.1) is 13.7 Å². The van der Waals surface area contributed by atoms with E-state index in [2.05, 4.69) is 48.2 Å². The monoisotopic (exact) mass is 311 g/mol. The number of para-hydroxylation sites is 1. The van der Waals surface area contributed by atoms with E-state index < -0.39 is 0 Å². The first-order chi connectivity index (χ1) is 11.3. The van der Waals surface area contributed by atoms with E-state index in [0.717, 1.165) is 30.8 Å². The third kappa shape index (κ3) is 3.57. The second kappa shape index (κ2) is 7.62. The lowest BCUT2D eigenvalue weighted by Crippen LogP contribution is -2.30. The van der Waals surface area contributed by atoms with Gasteiger partial charge in [-0.3, -0.25) is 4.90 Å². The SMILES string of the molecule is CCCCN1Cc2ccccc2COC1c1ccccc1OC. The Kier molecular flexibility index (Phi) is 5.31. The van der Waals surface area contributed by atoms with Crippen molar-refractivity contribution in [3.05, 3.63) is 65.2 Å². The van der Waals surface area contributed by atoms with E-state index in [1.807, 2.05) is 12.1 Å². The van der Waals surface area contributed by atoms with Gasteiger partial charge >= 0.3 is 0 Å². The molecule has 0 aromatic heterocycles. The first-order valence-corrected chi connectivity index (χ1v) is 8.38. The van der Waals surface area contributed by atoms with Gasteiger partial charge in [-0.2, -0.15) is 0 Å². The average molecular weight is 311 g/mol. The van der Waals surface area contributed by atoms with Crippen LogP contribution in [0.2, 0.25) is 0 Å². The molecule has 2 aromatic rings. The fourth-order valence-corrected chi connectivity index (χ4v) is 3.14. The van der Waals surface area contributed by atoms with Crippen molar-refractivity contribution in [2.45, 2.75) is 39.1 Å². The molecule has 1 aliphatic heterocycles. The standard InChI is InChI=1S/C20H25NO2/c1-3-4-13-21-14-16-9-5-6-10-17(16)15-23-20(21)18-11-7-8-12-19(18)22-2/h5-12,20H,3-4,13-15H2,1-2H3. The molecule has 3 rings (SSSR count). The summed E-state index contributed by atoms with van der Waals surface area (Å²) in [5.41, 5.74) is 3.76. The van der Waals surface area contributed by atoms with Crippen LogP contribution in [0.5, 0.6) is 5.75 Å². The van der Waals surface area contributed by atoms with Gasteiger partial charge in [0.15, 0.2) is 0 Å². The number of rotatable bonds is 5. The van der Waals surface area contributed by atoms with Gasteiger partial charge in [0.2, 0.25) is 0 Å². The minimum atomic E-state index is -0.0647. The Bertz CT molecular complexity index is 641. The molecular formula is C20H25NO2. The number of ether oxygens (including phenoxy) is 2. The van der Waals surface area contributed by atoms with Crippen LogP contribution in [0.15, 0.2) is 48.5 Å². The molecule has 1 atom stereocenters. The van der Waals surface area contributed by atoms with Gasteiger partial charge in [0.25, 0.3) is 0 Å². The van der Waals surface area contributed by atoms with Crippen molar-refractivity contribution in [1.29, 1.82) is 0 Å². The predicted molar refractivity (Wildman–Crippen MR) is 92.3 cm³/mol. The highest BCUT2D eigenvalue weighted by Gasteiger charge is 2.27. The molecule has 1 aliphatic rings. The molecule has 1 unspecified atom stereocenters. The van der Waals surface area contributed by atoms with Crippen LogP contribution in [0, 0.1) is 0 Å². The second-order valence-electron chi connectivity index (χ2n) is 6.00. The molecule has 0 bridgehead atoms. The maximum atomic E-state index is 6.31. The lowest BCUT2D eigenvalue weighted by molar-refractivity contribution is -0.0698. The van der Waals surface area contributed by atoms with Crippen molar-refractivity contribution < 1.29 is 9.47 Å². The van der Waals surface area contributed by atoms with Gasteiger partial charge in [-0.05, 0) is 23.6 Å². The molecule has 0 radical (unpaired) electrons. The van der Waals surface area contributed by atoms with Crippen LogP contribution in [-0.4, -0.2) is 18.6 Å². The average Bonchev–Trinajstić information content (AvgIpc) is 2.79. The number of benzene rings is 2.